The molecule has 0 aliphatic rings. The monoisotopic (exact) mass is 343 g/mol. The van der Waals surface area contributed by atoms with Gasteiger partial charge in [0.2, 0.25) is 5.13 Å². The van der Waals surface area contributed by atoms with Gasteiger partial charge in [-0.05, 0) is 20.8 Å². The van der Waals surface area contributed by atoms with Crippen molar-refractivity contribution in [3.8, 4) is 0 Å². The van der Waals surface area contributed by atoms with Crippen LogP contribution in [-0.2, 0) is 22.0 Å². The zero-order valence-corrected chi connectivity index (χ0v) is 15.3. The minimum absolute atomic E-state index is 0.166. The van der Waals surface area contributed by atoms with Gasteiger partial charge in [-0.25, -0.2) is 8.42 Å². The number of aryl methyl sites for hydroxylation is 2. The van der Waals surface area contributed by atoms with Gasteiger partial charge >= 0.3 is 0 Å². The summed E-state index contributed by atoms with van der Waals surface area (Å²) in [5, 5.41) is 13.3. The van der Waals surface area contributed by atoms with Crippen molar-refractivity contribution in [3.63, 3.8) is 0 Å². The number of hydrogen-bond acceptors (Lipinski definition) is 6. The molecule has 0 bridgehead atoms. The average Bonchev–Trinajstić information content (AvgIpc) is 2.93. The van der Waals surface area contributed by atoms with E-state index in [0.717, 1.165) is 5.01 Å². The molecule has 0 aliphatic heterocycles. The van der Waals surface area contributed by atoms with E-state index >= 15 is 0 Å². The first kappa shape index (κ1) is 16.9. The first-order valence-corrected chi connectivity index (χ1v) is 9.27. The van der Waals surface area contributed by atoms with Gasteiger partial charge in [-0.2, -0.15) is 5.10 Å². The number of rotatable bonds is 4. The molecule has 0 unspecified atom stereocenters. The Bertz CT molecular complexity index is 784. The minimum atomic E-state index is -3.72. The molecule has 2 rings (SSSR count). The molecule has 2 aromatic rings. The molecule has 1 N–H and O–H groups in total. The second kappa shape index (κ2) is 5.62. The van der Waals surface area contributed by atoms with Gasteiger partial charge in [-0.3, -0.25) is 9.40 Å². The van der Waals surface area contributed by atoms with Gasteiger partial charge in [-0.1, -0.05) is 32.1 Å². The Labute approximate surface area is 134 Å². The van der Waals surface area contributed by atoms with Crippen LogP contribution in [0.4, 0.5) is 5.13 Å². The van der Waals surface area contributed by atoms with Crippen LogP contribution in [0.3, 0.4) is 0 Å². The van der Waals surface area contributed by atoms with Crippen molar-refractivity contribution in [1.29, 1.82) is 0 Å². The van der Waals surface area contributed by atoms with Crippen molar-refractivity contribution in [3.05, 3.63) is 16.4 Å². The summed E-state index contributed by atoms with van der Waals surface area (Å²) in [6.07, 6.45) is 0. The van der Waals surface area contributed by atoms with Crippen molar-refractivity contribution in [2.24, 2.45) is 0 Å². The summed E-state index contributed by atoms with van der Waals surface area (Å²) in [6.45, 7) is 12.0. The Morgan fingerprint density at radius 2 is 1.86 bits per heavy atom. The standard InChI is InChI=1S/C13H21N5O2S2/c1-7-18-9(3)10(8(2)16-18)22(19,20)17-12-15-14-11(21-12)13(4,5)6/h7H2,1-6H3,(H,15,17). The van der Waals surface area contributed by atoms with E-state index < -0.39 is 10.0 Å². The SMILES string of the molecule is CCn1nc(C)c(S(=O)(=O)Nc2nnc(C(C)(C)C)s2)c1C. The second-order valence-corrected chi connectivity index (χ2v) is 8.68. The molecule has 9 heteroatoms. The summed E-state index contributed by atoms with van der Waals surface area (Å²) in [5.41, 5.74) is 0.931. The number of aromatic nitrogens is 4. The van der Waals surface area contributed by atoms with E-state index in [1.165, 1.54) is 11.3 Å². The maximum Gasteiger partial charge on any atom is 0.267 e. The quantitative estimate of drug-likeness (QED) is 0.921. The van der Waals surface area contributed by atoms with Gasteiger partial charge in [0.15, 0.2) is 0 Å². The zero-order valence-electron chi connectivity index (χ0n) is 13.6. The van der Waals surface area contributed by atoms with Crippen LogP contribution in [-0.4, -0.2) is 28.4 Å². The van der Waals surface area contributed by atoms with Crippen molar-refractivity contribution >= 4 is 26.5 Å². The Morgan fingerprint density at radius 3 is 2.32 bits per heavy atom. The molecule has 0 radical (unpaired) electrons. The molecule has 7 nitrogen and oxygen atoms in total. The smallest absolute Gasteiger partial charge is 0.267 e. The highest BCUT2D eigenvalue weighted by molar-refractivity contribution is 7.93. The molecule has 0 aliphatic carbocycles. The van der Waals surface area contributed by atoms with Gasteiger partial charge in [0.25, 0.3) is 10.0 Å². The second-order valence-electron chi connectivity index (χ2n) is 6.08. The highest BCUT2D eigenvalue weighted by Gasteiger charge is 2.27. The van der Waals surface area contributed by atoms with E-state index in [1.807, 2.05) is 27.7 Å². The van der Waals surface area contributed by atoms with Crippen LogP contribution in [0.25, 0.3) is 0 Å². The highest BCUT2D eigenvalue weighted by Crippen LogP contribution is 2.29. The predicted molar refractivity (Wildman–Crippen MR) is 86.8 cm³/mol. The predicted octanol–water partition coefficient (Wildman–Crippen LogP) is 2.47. The van der Waals surface area contributed by atoms with Crippen molar-refractivity contribution < 1.29 is 8.42 Å². The summed E-state index contributed by atoms with van der Waals surface area (Å²) in [4.78, 5) is 0.210. The summed E-state index contributed by atoms with van der Waals surface area (Å²) in [5.74, 6) is 0. The zero-order chi connectivity index (χ0) is 16.7. The molecule has 0 saturated heterocycles. The maximum absolute atomic E-state index is 12.6. The minimum Gasteiger partial charge on any atom is -0.268 e. The van der Waals surface area contributed by atoms with E-state index in [-0.39, 0.29) is 15.4 Å². The van der Waals surface area contributed by atoms with Crippen LogP contribution < -0.4 is 4.72 Å². The van der Waals surface area contributed by atoms with Crippen LogP contribution >= 0.6 is 11.3 Å². The molecule has 2 aromatic heterocycles. The third-order valence-electron chi connectivity index (χ3n) is 3.17. The van der Waals surface area contributed by atoms with E-state index in [0.29, 0.717) is 17.9 Å². The van der Waals surface area contributed by atoms with Crippen molar-refractivity contribution in [2.75, 3.05) is 4.72 Å². The lowest BCUT2D eigenvalue weighted by molar-refractivity contribution is 0.578. The number of anilines is 1. The molecule has 0 saturated carbocycles. The van der Waals surface area contributed by atoms with Gasteiger partial charge in [0.05, 0.1) is 11.4 Å². The number of hydrogen-bond donors (Lipinski definition) is 1. The Balaban J connectivity index is 2.37. The molecule has 0 aromatic carbocycles. The van der Waals surface area contributed by atoms with E-state index in [9.17, 15) is 8.42 Å². The maximum atomic E-state index is 12.6. The number of sulfonamides is 1. The molecule has 0 amide bonds. The Kier molecular flexibility index (Phi) is 4.31. The molecule has 122 valence electrons. The van der Waals surface area contributed by atoms with Gasteiger partial charge in [-0.15, -0.1) is 10.2 Å². The molecular formula is C13H21N5O2S2. The first-order valence-electron chi connectivity index (χ1n) is 6.97. The largest absolute Gasteiger partial charge is 0.268 e. The molecule has 0 spiro atoms. The van der Waals surface area contributed by atoms with Crippen LogP contribution in [0, 0.1) is 13.8 Å². The van der Waals surface area contributed by atoms with E-state index in [4.69, 9.17) is 0 Å². The lowest BCUT2D eigenvalue weighted by atomic mass is 9.98. The molecule has 22 heavy (non-hydrogen) atoms. The van der Waals surface area contributed by atoms with Crippen molar-refractivity contribution in [2.45, 2.75) is 58.4 Å². The third kappa shape index (κ3) is 3.14. The fourth-order valence-electron chi connectivity index (χ4n) is 2.11. The summed E-state index contributed by atoms with van der Waals surface area (Å²) in [6, 6.07) is 0. The van der Waals surface area contributed by atoms with Crippen LogP contribution in [0.1, 0.15) is 44.1 Å². The van der Waals surface area contributed by atoms with E-state index in [2.05, 4.69) is 20.0 Å². The molecular weight excluding hydrogens is 322 g/mol. The normalized spacial score (nSPS) is 12.6. The summed E-state index contributed by atoms with van der Waals surface area (Å²) in [7, 11) is -3.72. The van der Waals surface area contributed by atoms with Crippen LogP contribution in [0.5, 0.6) is 0 Å². The fraction of sp³-hybridized carbons (Fsp3) is 0.615. The molecule has 0 atom stereocenters. The summed E-state index contributed by atoms with van der Waals surface area (Å²) < 4.78 is 29.4. The average molecular weight is 343 g/mol. The number of nitrogens with zero attached hydrogens (tertiary/aromatic N) is 4. The lowest BCUT2D eigenvalue weighted by Crippen LogP contribution is -2.15. The topological polar surface area (TPSA) is 89.8 Å². The van der Waals surface area contributed by atoms with Gasteiger partial charge in [0.1, 0.15) is 9.90 Å². The molecule has 2 heterocycles. The van der Waals surface area contributed by atoms with E-state index in [1.54, 1.807) is 18.5 Å². The van der Waals surface area contributed by atoms with Gasteiger partial charge < -0.3 is 0 Å². The number of nitrogens with one attached hydrogen (secondary N) is 1. The lowest BCUT2D eigenvalue weighted by Gasteiger charge is -2.12. The summed E-state index contributed by atoms with van der Waals surface area (Å²) >= 11 is 1.25. The highest BCUT2D eigenvalue weighted by atomic mass is 32.2. The molecule has 0 fully saturated rings. The third-order valence-corrected chi connectivity index (χ3v) is 6.16. The fourth-order valence-corrected chi connectivity index (χ4v) is 4.56. The van der Waals surface area contributed by atoms with Gasteiger partial charge in [0, 0.05) is 12.0 Å². The Morgan fingerprint density at radius 1 is 1.23 bits per heavy atom. The first-order chi connectivity index (χ1) is 10.1. The van der Waals surface area contributed by atoms with Crippen molar-refractivity contribution in [1.82, 2.24) is 20.0 Å². The van der Waals surface area contributed by atoms with Crippen LogP contribution in [0.2, 0.25) is 0 Å². The van der Waals surface area contributed by atoms with Crippen LogP contribution in [0.15, 0.2) is 4.90 Å². The Hall–Kier alpha value is -1.48.